The van der Waals surface area contributed by atoms with Gasteiger partial charge < -0.3 is 9.30 Å². The molecule has 0 saturated carbocycles. The highest BCUT2D eigenvalue weighted by atomic mass is 16.5. The molecule has 0 N–H and O–H groups in total. The lowest BCUT2D eigenvalue weighted by molar-refractivity contribution is 0.0600. The zero-order chi connectivity index (χ0) is 19.3. The van der Waals surface area contributed by atoms with Crippen molar-refractivity contribution in [2.24, 2.45) is 0 Å². The number of benzene rings is 2. The van der Waals surface area contributed by atoms with Crippen molar-refractivity contribution < 1.29 is 9.53 Å². The van der Waals surface area contributed by atoms with Crippen LogP contribution in [0.3, 0.4) is 0 Å². The van der Waals surface area contributed by atoms with E-state index in [0.717, 1.165) is 28.2 Å². The number of hydrogen-bond acceptors (Lipinski definition) is 4. The van der Waals surface area contributed by atoms with Crippen LogP contribution in [0.5, 0.6) is 0 Å². The molecule has 4 aromatic rings. The maximum absolute atomic E-state index is 11.8. The standard InChI is InChI=1S/C23H19N3O2/c1-28-23(27)20-6-4-5-17(15-20)16-26-14-13-25-22(26)19-10-8-18(9-11-19)21-7-2-3-12-24-21/h2-15H,16H2,1H3. The van der Waals surface area contributed by atoms with Crippen LogP contribution in [0.2, 0.25) is 0 Å². The minimum absolute atomic E-state index is 0.335. The maximum atomic E-state index is 11.8. The molecule has 0 aliphatic rings. The van der Waals surface area contributed by atoms with Crippen LogP contribution in [0, 0.1) is 0 Å². The van der Waals surface area contributed by atoms with Crippen molar-refractivity contribution in [3.05, 3.63) is 96.4 Å². The molecule has 0 spiro atoms. The van der Waals surface area contributed by atoms with Crippen LogP contribution in [0.15, 0.2) is 85.3 Å². The zero-order valence-corrected chi connectivity index (χ0v) is 15.4. The van der Waals surface area contributed by atoms with E-state index < -0.39 is 0 Å². The summed E-state index contributed by atoms with van der Waals surface area (Å²) in [4.78, 5) is 20.7. The van der Waals surface area contributed by atoms with E-state index in [9.17, 15) is 4.79 Å². The van der Waals surface area contributed by atoms with Gasteiger partial charge in [-0.1, -0.05) is 42.5 Å². The van der Waals surface area contributed by atoms with E-state index in [1.807, 2.05) is 54.7 Å². The fourth-order valence-corrected chi connectivity index (χ4v) is 3.13. The Morgan fingerprint density at radius 3 is 2.50 bits per heavy atom. The first-order valence-electron chi connectivity index (χ1n) is 8.95. The Kier molecular flexibility index (Phi) is 4.97. The van der Waals surface area contributed by atoms with Crippen molar-refractivity contribution in [2.45, 2.75) is 6.54 Å². The number of nitrogens with zero attached hydrogens (tertiary/aromatic N) is 3. The van der Waals surface area contributed by atoms with E-state index in [1.165, 1.54) is 7.11 Å². The van der Waals surface area contributed by atoms with Gasteiger partial charge in [-0.3, -0.25) is 4.98 Å². The van der Waals surface area contributed by atoms with E-state index in [4.69, 9.17) is 4.74 Å². The quantitative estimate of drug-likeness (QED) is 0.488. The second kappa shape index (κ2) is 7.88. The fourth-order valence-electron chi connectivity index (χ4n) is 3.13. The number of imidazole rings is 1. The normalized spacial score (nSPS) is 10.6. The Hall–Kier alpha value is -3.73. The van der Waals surface area contributed by atoms with Crippen molar-refractivity contribution >= 4 is 5.97 Å². The predicted molar refractivity (Wildman–Crippen MR) is 108 cm³/mol. The smallest absolute Gasteiger partial charge is 0.337 e. The van der Waals surface area contributed by atoms with E-state index in [2.05, 4.69) is 26.7 Å². The minimum Gasteiger partial charge on any atom is -0.465 e. The summed E-state index contributed by atoms with van der Waals surface area (Å²) in [5.74, 6) is 0.536. The topological polar surface area (TPSA) is 57.0 Å². The highest BCUT2D eigenvalue weighted by Crippen LogP contribution is 2.23. The minimum atomic E-state index is -0.335. The number of pyridine rings is 1. The van der Waals surface area contributed by atoms with Gasteiger partial charge in [-0.2, -0.15) is 0 Å². The van der Waals surface area contributed by atoms with E-state index in [1.54, 1.807) is 18.5 Å². The SMILES string of the molecule is COC(=O)c1cccc(Cn2ccnc2-c2ccc(-c3ccccn3)cc2)c1. The van der Waals surface area contributed by atoms with Crippen molar-refractivity contribution in [2.75, 3.05) is 7.11 Å². The summed E-state index contributed by atoms with van der Waals surface area (Å²) in [6.07, 6.45) is 5.51. The van der Waals surface area contributed by atoms with Crippen LogP contribution in [0.4, 0.5) is 0 Å². The van der Waals surface area contributed by atoms with E-state index in [-0.39, 0.29) is 5.97 Å². The third-order valence-corrected chi connectivity index (χ3v) is 4.52. The molecule has 5 heteroatoms. The van der Waals surface area contributed by atoms with Crippen LogP contribution in [0.1, 0.15) is 15.9 Å². The van der Waals surface area contributed by atoms with Gasteiger partial charge in [-0.15, -0.1) is 0 Å². The van der Waals surface area contributed by atoms with Crippen LogP contribution >= 0.6 is 0 Å². The molecular formula is C23H19N3O2. The third kappa shape index (κ3) is 3.69. The summed E-state index contributed by atoms with van der Waals surface area (Å²) >= 11 is 0. The average Bonchev–Trinajstić information content (AvgIpc) is 3.22. The number of rotatable bonds is 5. The largest absolute Gasteiger partial charge is 0.465 e. The Morgan fingerprint density at radius 2 is 1.75 bits per heavy atom. The van der Waals surface area contributed by atoms with Gasteiger partial charge in [0.05, 0.1) is 18.4 Å². The second-order valence-electron chi connectivity index (χ2n) is 6.36. The average molecular weight is 369 g/mol. The fraction of sp³-hybridized carbons (Fsp3) is 0.0870. The van der Waals surface area contributed by atoms with E-state index in [0.29, 0.717) is 12.1 Å². The molecular weight excluding hydrogens is 350 g/mol. The van der Waals surface area contributed by atoms with E-state index >= 15 is 0 Å². The summed E-state index contributed by atoms with van der Waals surface area (Å²) in [7, 11) is 1.39. The maximum Gasteiger partial charge on any atom is 0.337 e. The monoisotopic (exact) mass is 369 g/mol. The highest BCUT2D eigenvalue weighted by molar-refractivity contribution is 5.89. The summed E-state index contributed by atoms with van der Waals surface area (Å²) in [6, 6.07) is 21.5. The summed E-state index contributed by atoms with van der Waals surface area (Å²) < 4.78 is 6.87. The van der Waals surface area contributed by atoms with Crippen molar-refractivity contribution in [1.82, 2.24) is 14.5 Å². The van der Waals surface area contributed by atoms with Gasteiger partial charge in [0.2, 0.25) is 0 Å². The number of carbonyl (C=O) groups excluding carboxylic acids is 1. The molecule has 0 radical (unpaired) electrons. The van der Waals surface area contributed by atoms with Gasteiger partial charge in [0, 0.05) is 36.3 Å². The Morgan fingerprint density at radius 1 is 0.929 bits per heavy atom. The van der Waals surface area contributed by atoms with Crippen LogP contribution in [-0.2, 0) is 11.3 Å². The first-order valence-corrected chi connectivity index (χ1v) is 8.95. The number of esters is 1. The van der Waals surface area contributed by atoms with Gasteiger partial charge in [0.25, 0.3) is 0 Å². The van der Waals surface area contributed by atoms with Gasteiger partial charge in [-0.05, 0) is 29.8 Å². The van der Waals surface area contributed by atoms with Gasteiger partial charge in [0.1, 0.15) is 5.82 Å². The number of ether oxygens (including phenoxy) is 1. The molecule has 0 atom stereocenters. The van der Waals surface area contributed by atoms with Gasteiger partial charge >= 0.3 is 5.97 Å². The van der Waals surface area contributed by atoms with Crippen molar-refractivity contribution in [3.63, 3.8) is 0 Å². The molecule has 0 aliphatic carbocycles. The third-order valence-electron chi connectivity index (χ3n) is 4.52. The molecule has 0 bridgehead atoms. The predicted octanol–water partition coefficient (Wildman–Crippen LogP) is 4.45. The molecule has 0 amide bonds. The Bertz CT molecular complexity index is 1090. The molecule has 0 aliphatic heterocycles. The molecule has 4 rings (SSSR count). The summed E-state index contributed by atoms with van der Waals surface area (Å²) in [5.41, 5.74) is 4.58. The molecule has 0 saturated heterocycles. The number of hydrogen-bond donors (Lipinski definition) is 0. The highest BCUT2D eigenvalue weighted by Gasteiger charge is 2.10. The first kappa shape index (κ1) is 17.7. The number of aromatic nitrogens is 3. The molecule has 2 aromatic heterocycles. The lowest BCUT2D eigenvalue weighted by Crippen LogP contribution is -2.05. The summed E-state index contributed by atoms with van der Waals surface area (Å²) in [5, 5.41) is 0. The molecule has 28 heavy (non-hydrogen) atoms. The Labute approximate surface area is 163 Å². The van der Waals surface area contributed by atoms with Crippen LogP contribution < -0.4 is 0 Å². The number of carbonyl (C=O) groups is 1. The lowest BCUT2D eigenvalue weighted by atomic mass is 10.1. The van der Waals surface area contributed by atoms with Crippen molar-refractivity contribution in [1.29, 1.82) is 0 Å². The summed E-state index contributed by atoms with van der Waals surface area (Å²) in [6.45, 7) is 0.613. The number of methoxy groups -OCH3 is 1. The van der Waals surface area contributed by atoms with Gasteiger partial charge in [-0.25, -0.2) is 9.78 Å². The van der Waals surface area contributed by atoms with Gasteiger partial charge in [0.15, 0.2) is 0 Å². The first-order chi connectivity index (χ1) is 13.7. The molecule has 2 aromatic carbocycles. The zero-order valence-electron chi connectivity index (χ0n) is 15.4. The molecule has 0 fully saturated rings. The molecule has 2 heterocycles. The second-order valence-corrected chi connectivity index (χ2v) is 6.36. The molecule has 138 valence electrons. The molecule has 5 nitrogen and oxygen atoms in total. The molecule has 0 unspecified atom stereocenters. The van der Waals surface area contributed by atoms with Crippen molar-refractivity contribution in [3.8, 4) is 22.6 Å². The van der Waals surface area contributed by atoms with Crippen LogP contribution in [0.25, 0.3) is 22.6 Å². The lowest BCUT2D eigenvalue weighted by Gasteiger charge is -2.10. The Balaban J connectivity index is 1.59. The van der Waals surface area contributed by atoms with Crippen LogP contribution in [-0.4, -0.2) is 27.6 Å².